The number of aliphatic hydroxyl groups is 4. The van der Waals surface area contributed by atoms with Crippen LogP contribution in [0.5, 0.6) is 0 Å². The summed E-state index contributed by atoms with van der Waals surface area (Å²) in [6.45, 7) is 0.0142. The molecule has 0 bridgehead atoms. The number of rotatable bonds is 15. The minimum atomic E-state index is -1.04. The van der Waals surface area contributed by atoms with Crippen LogP contribution in [0.15, 0.2) is 12.2 Å². The quantitative estimate of drug-likeness (QED) is 0.182. The predicted molar refractivity (Wildman–Crippen MR) is 94.1 cm³/mol. The summed E-state index contributed by atoms with van der Waals surface area (Å²) in [4.78, 5) is 24.1. The van der Waals surface area contributed by atoms with Crippen molar-refractivity contribution in [2.75, 3.05) is 26.4 Å². The van der Waals surface area contributed by atoms with Crippen LogP contribution >= 0.6 is 0 Å². The number of aliphatic hydroxyl groups excluding tert-OH is 4. The number of allylic oxidation sites excluding steroid dienone is 2. The zero-order valence-electron chi connectivity index (χ0n) is 15.4. The summed E-state index contributed by atoms with van der Waals surface area (Å²) in [6.07, 6.45) is 5.61. The fourth-order valence-electron chi connectivity index (χ4n) is 2.12. The number of carbonyl (C=O) groups is 2. The second-order valence-electron chi connectivity index (χ2n) is 5.99. The molecule has 0 aliphatic heterocycles. The minimum Gasteiger partial charge on any atom is -0.457 e. The first kappa shape index (κ1) is 24.5. The van der Waals surface area contributed by atoms with E-state index in [0.717, 1.165) is 19.3 Å². The molecule has 0 aromatic heterocycles. The average molecular weight is 376 g/mol. The van der Waals surface area contributed by atoms with E-state index >= 15 is 0 Å². The molecule has 152 valence electrons. The van der Waals surface area contributed by atoms with Gasteiger partial charge in [-0.15, -0.1) is 0 Å². The lowest BCUT2D eigenvalue weighted by Crippen LogP contribution is -2.32. The van der Waals surface area contributed by atoms with Crippen molar-refractivity contribution in [3.8, 4) is 0 Å². The van der Waals surface area contributed by atoms with Crippen LogP contribution in [-0.4, -0.2) is 71.0 Å². The molecular weight excluding hydrogens is 344 g/mol. The van der Waals surface area contributed by atoms with Crippen LogP contribution in [0.2, 0.25) is 0 Å². The van der Waals surface area contributed by atoms with Crippen LogP contribution in [0.4, 0.5) is 0 Å². The number of carbonyl (C=O) groups excluding carboxylic acids is 2. The zero-order valence-corrected chi connectivity index (χ0v) is 15.4. The van der Waals surface area contributed by atoms with Crippen molar-refractivity contribution >= 4 is 11.9 Å². The molecule has 8 heteroatoms. The minimum absolute atomic E-state index is 0.276. The van der Waals surface area contributed by atoms with Gasteiger partial charge in [0.05, 0.1) is 38.8 Å². The van der Waals surface area contributed by atoms with Crippen molar-refractivity contribution in [2.24, 2.45) is 5.92 Å². The van der Waals surface area contributed by atoms with Gasteiger partial charge in [0.1, 0.15) is 12.2 Å². The second kappa shape index (κ2) is 15.7. The highest BCUT2D eigenvalue weighted by Gasteiger charge is 2.27. The zero-order chi connectivity index (χ0) is 19.8. The summed E-state index contributed by atoms with van der Waals surface area (Å²) >= 11 is 0. The van der Waals surface area contributed by atoms with Gasteiger partial charge in [-0.1, -0.05) is 31.9 Å². The van der Waals surface area contributed by atoms with Gasteiger partial charge in [0.15, 0.2) is 0 Å². The van der Waals surface area contributed by atoms with Crippen LogP contribution in [0.3, 0.4) is 0 Å². The average Bonchev–Trinajstić information content (AvgIpc) is 2.65. The maximum absolute atomic E-state index is 12.2. The Morgan fingerprint density at radius 3 is 1.96 bits per heavy atom. The molecule has 0 aliphatic rings. The molecule has 1 unspecified atom stereocenters. The van der Waals surface area contributed by atoms with Crippen molar-refractivity contribution in [1.82, 2.24) is 0 Å². The molecule has 26 heavy (non-hydrogen) atoms. The van der Waals surface area contributed by atoms with E-state index in [9.17, 15) is 9.59 Å². The Morgan fingerprint density at radius 1 is 0.885 bits per heavy atom. The Labute approximate surface area is 154 Å². The molecule has 8 nitrogen and oxygen atoms in total. The van der Waals surface area contributed by atoms with Crippen LogP contribution in [0.1, 0.15) is 45.4 Å². The van der Waals surface area contributed by atoms with Crippen LogP contribution in [0, 0.1) is 5.92 Å². The van der Waals surface area contributed by atoms with Crippen molar-refractivity contribution in [1.29, 1.82) is 0 Å². The topological polar surface area (TPSA) is 134 Å². The van der Waals surface area contributed by atoms with Gasteiger partial charge in [-0.05, 0) is 19.3 Å². The third-order valence-electron chi connectivity index (χ3n) is 3.71. The lowest BCUT2D eigenvalue weighted by atomic mass is 9.99. The lowest BCUT2D eigenvalue weighted by molar-refractivity contribution is -0.165. The molecule has 0 spiro atoms. The fraction of sp³-hybridized carbons (Fsp3) is 0.778. The van der Waals surface area contributed by atoms with Crippen LogP contribution in [0.25, 0.3) is 0 Å². The molecular formula is C18H32O8. The first-order chi connectivity index (χ1) is 12.5. The van der Waals surface area contributed by atoms with Gasteiger partial charge in [0.2, 0.25) is 0 Å². The number of esters is 2. The largest absolute Gasteiger partial charge is 0.457 e. The highest BCUT2D eigenvalue weighted by Crippen LogP contribution is 2.17. The third kappa shape index (κ3) is 11.2. The first-order valence-electron chi connectivity index (χ1n) is 9.00. The van der Waals surface area contributed by atoms with E-state index in [-0.39, 0.29) is 6.42 Å². The summed E-state index contributed by atoms with van der Waals surface area (Å²) in [7, 11) is 0. The van der Waals surface area contributed by atoms with E-state index < -0.39 is 56.5 Å². The van der Waals surface area contributed by atoms with Gasteiger partial charge < -0.3 is 29.9 Å². The third-order valence-corrected chi connectivity index (χ3v) is 3.71. The van der Waals surface area contributed by atoms with Crippen LogP contribution in [-0.2, 0) is 19.1 Å². The molecule has 0 rings (SSSR count). The summed E-state index contributed by atoms with van der Waals surface area (Å²) in [5.74, 6) is -2.25. The van der Waals surface area contributed by atoms with Gasteiger partial charge in [-0.25, -0.2) is 0 Å². The van der Waals surface area contributed by atoms with Crippen molar-refractivity contribution < 1.29 is 39.5 Å². The second-order valence-corrected chi connectivity index (χ2v) is 5.99. The lowest BCUT2D eigenvalue weighted by Gasteiger charge is -2.20. The van der Waals surface area contributed by atoms with Crippen molar-refractivity contribution in [3.63, 3.8) is 0 Å². The van der Waals surface area contributed by atoms with Gasteiger partial charge in [0, 0.05) is 0 Å². The van der Waals surface area contributed by atoms with E-state index in [0.29, 0.717) is 12.8 Å². The maximum atomic E-state index is 12.2. The predicted octanol–water partition coefficient (Wildman–Crippen LogP) is 0.312. The summed E-state index contributed by atoms with van der Waals surface area (Å²) < 4.78 is 9.88. The van der Waals surface area contributed by atoms with Gasteiger partial charge in [-0.3, -0.25) is 9.59 Å². The molecule has 0 heterocycles. The molecule has 1 atom stereocenters. The fourth-order valence-corrected chi connectivity index (χ4v) is 2.12. The van der Waals surface area contributed by atoms with Crippen molar-refractivity contribution in [2.45, 2.75) is 57.7 Å². The summed E-state index contributed by atoms with van der Waals surface area (Å²) in [5, 5.41) is 35.9. The standard InChI is InChI=1S/C18H32O8/c1-2-3-4-5-6-7-8-14(18(24)26-16(12-21)13-22)9-17(23)25-15(10-19)11-20/h5-6,14-16,19-22H,2-4,7-13H2,1H3/b6-5+. The number of hydrogen-bond donors (Lipinski definition) is 4. The summed E-state index contributed by atoms with van der Waals surface area (Å²) in [5.41, 5.74) is 0. The molecule has 0 aliphatic carbocycles. The van der Waals surface area contributed by atoms with Gasteiger partial charge >= 0.3 is 11.9 Å². The Hall–Kier alpha value is -1.48. The normalized spacial score (nSPS) is 12.7. The number of ether oxygens (including phenoxy) is 2. The number of hydrogen-bond acceptors (Lipinski definition) is 8. The molecule has 0 fully saturated rings. The van der Waals surface area contributed by atoms with Gasteiger partial charge in [-0.2, -0.15) is 0 Å². The van der Waals surface area contributed by atoms with E-state index in [1.54, 1.807) is 0 Å². The Balaban J connectivity index is 4.72. The van der Waals surface area contributed by atoms with E-state index in [1.807, 2.05) is 12.2 Å². The molecule has 0 radical (unpaired) electrons. The van der Waals surface area contributed by atoms with E-state index in [2.05, 4.69) is 6.92 Å². The first-order valence-corrected chi connectivity index (χ1v) is 9.00. The Morgan fingerprint density at radius 2 is 1.42 bits per heavy atom. The molecule has 0 aromatic rings. The van der Waals surface area contributed by atoms with Crippen LogP contribution < -0.4 is 0 Å². The SMILES string of the molecule is CCCC/C=C/CCC(CC(=O)OC(CO)CO)C(=O)OC(CO)CO. The monoisotopic (exact) mass is 376 g/mol. The molecule has 0 saturated heterocycles. The van der Waals surface area contributed by atoms with E-state index in [4.69, 9.17) is 29.9 Å². The Kier molecular flexibility index (Phi) is 14.9. The van der Waals surface area contributed by atoms with E-state index in [1.165, 1.54) is 0 Å². The highest BCUT2D eigenvalue weighted by molar-refractivity contribution is 5.80. The molecule has 0 amide bonds. The summed E-state index contributed by atoms with van der Waals surface area (Å²) in [6, 6.07) is 0. The highest BCUT2D eigenvalue weighted by atomic mass is 16.6. The molecule has 4 N–H and O–H groups in total. The molecule has 0 aromatic carbocycles. The maximum Gasteiger partial charge on any atom is 0.309 e. The van der Waals surface area contributed by atoms with Gasteiger partial charge in [0.25, 0.3) is 0 Å². The Bertz CT molecular complexity index is 402. The molecule has 0 saturated carbocycles. The number of unbranched alkanes of at least 4 members (excludes halogenated alkanes) is 2. The van der Waals surface area contributed by atoms with Crippen molar-refractivity contribution in [3.05, 3.63) is 12.2 Å². The smallest absolute Gasteiger partial charge is 0.309 e.